The maximum absolute atomic E-state index is 14.0. The van der Waals surface area contributed by atoms with Crippen molar-refractivity contribution in [1.29, 1.82) is 0 Å². The summed E-state index contributed by atoms with van der Waals surface area (Å²) in [6.45, 7) is 2.39. The topological polar surface area (TPSA) is 47.2 Å². The molecule has 3 aromatic carbocycles. The third-order valence-corrected chi connectivity index (χ3v) is 8.96. The Bertz CT molecular complexity index is 1670. The molecule has 34 heavy (non-hydrogen) atoms. The largest absolute Gasteiger partial charge is 0.343 e. The van der Waals surface area contributed by atoms with E-state index in [-0.39, 0.29) is 0 Å². The van der Waals surface area contributed by atoms with E-state index in [9.17, 15) is 8.42 Å². The second-order valence-electron chi connectivity index (χ2n) is 9.17. The van der Waals surface area contributed by atoms with Crippen LogP contribution in [0.2, 0.25) is 0 Å². The summed E-state index contributed by atoms with van der Waals surface area (Å²) in [5.41, 5.74) is 6.62. The van der Waals surface area contributed by atoms with Crippen LogP contribution < -0.4 is 4.31 Å². The fourth-order valence-electron chi connectivity index (χ4n) is 5.53. The lowest BCUT2D eigenvalue weighted by molar-refractivity contribution is 0.587. The first kappa shape index (κ1) is 21.1. The molecule has 6 heteroatoms. The molecule has 5 aromatic rings. The van der Waals surface area contributed by atoms with Gasteiger partial charge in [0.1, 0.15) is 5.82 Å². The summed E-state index contributed by atoms with van der Waals surface area (Å²) in [5.74, 6) is 0.730. The summed E-state index contributed by atoms with van der Waals surface area (Å²) in [5, 5.41) is 2.31. The number of hydrogen-bond donors (Lipinski definition) is 0. The number of aromatic nitrogens is 2. The van der Waals surface area contributed by atoms with Crippen LogP contribution in [0.25, 0.3) is 33.1 Å². The van der Waals surface area contributed by atoms with Crippen molar-refractivity contribution in [2.45, 2.75) is 24.7 Å². The van der Waals surface area contributed by atoms with E-state index in [1.807, 2.05) is 42.8 Å². The van der Waals surface area contributed by atoms with Crippen molar-refractivity contribution in [3.05, 3.63) is 83.9 Å². The second-order valence-corrected chi connectivity index (χ2v) is 11.0. The zero-order valence-electron chi connectivity index (χ0n) is 19.6. The quantitative estimate of drug-likeness (QED) is 0.329. The summed E-state index contributed by atoms with van der Waals surface area (Å²) in [6, 6.07) is 23.8. The van der Waals surface area contributed by atoms with Gasteiger partial charge in [-0.25, -0.2) is 8.42 Å². The highest BCUT2D eigenvalue weighted by Gasteiger charge is 2.34. The highest BCUT2D eigenvalue weighted by molar-refractivity contribution is 7.92. The van der Waals surface area contributed by atoms with E-state index in [2.05, 4.69) is 48.0 Å². The standard InChI is InChI=1S/C28H27N3O2S/c1-19-14-16-20(17-15-19)34(32,33)31-18-8-11-22-21-9-4-6-12-24(21)29(2)27(22)26-23-10-5-7-13-25(23)30(3)28(26)31/h4-7,9-10,12-17H,8,11,18H2,1-3H3. The van der Waals surface area contributed by atoms with Crippen LogP contribution >= 0.6 is 0 Å². The average molecular weight is 470 g/mol. The molecular weight excluding hydrogens is 442 g/mol. The molecule has 5 nitrogen and oxygen atoms in total. The maximum Gasteiger partial charge on any atom is 0.265 e. The van der Waals surface area contributed by atoms with Gasteiger partial charge in [-0.05, 0) is 49.6 Å². The summed E-state index contributed by atoms with van der Waals surface area (Å²) in [6.07, 6.45) is 1.56. The van der Waals surface area contributed by atoms with Gasteiger partial charge in [-0.2, -0.15) is 0 Å². The first-order valence-electron chi connectivity index (χ1n) is 11.6. The summed E-state index contributed by atoms with van der Waals surface area (Å²) in [4.78, 5) is 0.326. The Labute approximate surface area is 199 Å². The number of sulfonamides is 1. The molecule has 0 saturated carbocycles. The van der Waals surface area contributed by atoms with Crippen LogP contribution in [0.4, 0.5) is 5.82 Å². The number of nitrogens with zero attached hydrogens (tertiary/aromatic N) is 3. The molecule has 0 unspecified atom stereocenters. The third-order valence-electron chi connectivity index (χ3n) is 7.16. The van der Waals surface area contributed by atoms with Crippen LogP contribution in [-0.2, 0) is 30.5 Å². The van der Waals surface area contributed by atoms with E-state index in [1.165, 1.54) is 16.5 Å². The molecule has 0 radical (unpaired) electrons. The summed E-state index contributed by atoms with van der Waals surface area (Å²) >= 11 is 0. The second kappa shape index (κ2) is 7.50. The van der Waals surface area contributed by atoms with Crippen LogP contribution in [0.5, 0.6) is 0 Å². The lowest BCUT2D eigenvalue weighted by Crippen LogP contribution is -2.34. The highest BCUT2D eigenvalue weighted by Crippen LogP contribution is 2.46. The van der Waals surface area contributed by atoms with Gasteiger partial charge in [-0.15, -0.1) is 0 Å². The highest BCUT2D eigenvalue weighted by atomic mass is 32.2. The lowest BCUT2D eigenvalue weighted by Gasteiger charge is -2.28. The van der Waals surface area contributed by atoms with Gasteiger partial charge in [-0.3, -0.25) is 4.31 Å². The Morgan fingerprint density at radius 3 is 2.09 bits per heavy atom. The van der Waals surface area contributed by atoms with Gasteiger partial charge in [0.2, 0.25) is 0 Å². The van der Waals surface area contributed by atoms with Crippen LogP contribution in [-0.4, -0.2) is 24.1 Å². The van der Waals surface area contributed by atoms with Crippen molar-refractivity contribution in [2.75, 3.05) is 10.8 Å². The van der Waals surface area contributed by atoms with Gasteiger partial charge in [-0.1, -0.05) is 54.1 Å². The molecule has 0 aliphatic carbocycles. The first-order chi connectivity index (χ1) is 16.4. The minimum absolute atomic E-state index is 0.326. The smallest absolute Gasteiger partial charge is 0.265 e. The molecule has 172 valence electrons. The van der Waals surface area contributed by atoms with E-state index in [4.69, 9.17) is 0 Å². The molecular formula is C28H27N3O2S. The lowest BCUT2D eigenvalue weighted by atomic mass is 9.98. The average Bonchev–Trinajstić information content (AvgIpc) is 3.25. The fourth-order valence-corrected chi connectivity index (χ4v) is 7.07. The number of benzene rings is 3. The SMILES string of the molecule is Cc1ccc(S(=O)(=O)N2CCCc3c(n(C)c4ccccc34)-c3c2n(C)c2ccccc32)cc1. The van der Waals surface area contributed by atoms with Crippen LogP contribution in [0.1, 0.15) is 17.5 Å². The summed E-state index contributed by atoms with van der Waals surface area (Å²) < 4.78 is 34.0. The molecule has 1 aliphatic rings. The van der Waals surface area contributed by atoms with E-state index < -0.39 is 10.0 Å². The predicted molar refractivity (Wildman–Crippen MR) is 139 cm³/mol. The van der Waals surface area contributed by atoms with Crippen molar-refractivity contribution in [2.24, 2.45) is 14.1 Å². The first-order valence-corrected chi connectivity index (χ1v) is 13.1. The van der Waals surface area contributed by atoms with Crippen LogP contribution in [0.3, 0.4) is 0 Å². The van der Waals surface area contributed by atoms with Gasteiger partial charge in [0.25, 0.3) is 10.0 Å². The Kier molecular flexibility index (Phi) is 4.64. The monoisotopic (exact) mass is 469 g/mol. The third kappa shape index (κ3) is 2.88. The number of anilines is 1. The predicted octanol–water partition coefficient (Wildman–Crippen LogP) is 5.79. The Hall–Kier alpha value is -3.51. The van der Waals surface area contributed by atoms with Gasteiger partial charge >= 0.3 is 0 Å². The Balaban J connectivity index is 1.72. The van der Waals surface area contributed by atoms with Crippen molar-refractivity contribution >= 4 is 37.6 Å². The molecule has 0 atom stereocenters. The van der Waals surface area contributed by atoms with Crippen molar-refractivity contribution in [3.8, 4) is 11.3 Å². The van der Waals surface area contributed by atoms with Gasteiger partial charge in [0, 0.05) is 42.5 Å². The molecule has 2 aromatic heterocycles. The normalized spacial score (nSPS) is 14.1. The molecule has 1 aliphatic heterocycles. The molecule has 0 N–H and O–H groups in total. The minimum Gasteiger partial charge on any atom is -0.343 e. The molecule has 6 rings (SSSR count). The van der Waals surface area contributed by atoms with Crippen molar-refractivity contribution < 1.29 is 8.42 Å². The number of fused-ring (bicyclic) bond motifs is 7. The minimum atomic E-state index is -3.74. The van der Waals surface area contributed by atoms with Crippen molar-refractivity contribution in [1.82, 2.24) is 9.13 Å². The van der Waals surface area contributed by atoms with Gasteiger partial charge in [0.05, 0.1) is 16.1 Å². The van der Waals surface area contributed by atoms with E-state index in [1.54, 1.807) is 16.4 Å². The van der Waals surface area contributed by atoms with E-state index in [0.29, 0.717) is 11.4 Å². The van der Waals surface area contributed by atoms with Gasteiger partial charge < -0.3 is 9.13 Å². The molecule has 0 saturated heterocycles. The number of rotatable bonds is 2. The summed E-state index contributed by atoms with van der Waals surface area (Å²) in [7, 11) is 0.321. The molecule has 0 bridgehead atoms. The number of aryl methyl sites for hydroxylation is 4. The Morgan fingerprint density at radius 1 is 0.765 bits per heavy atom. The number of para-hydroxylation sites is 2. The maximum atomic E-state index is 14.0. The van der Waals surface area contributed by atoms with Crippen LogP contribution in [0, 0.1) is 6.92 Å². The zero-order chi connectivity index (χ0) is 23.6. The van der Waals surface area contributed by atoms with Crippen LogP contribution in [0.15, 0.2) is 77.7 Å². The van der Waals surface area contributed by atoms with Gasteiger partial charge in [0.15, 0.2) is 0 Å². The zero-order valence-corrected chi connectivity index (χ0v) is 20.4. The van der Waals surface area contributed by atoms with E-state index in [0.717, 1.165) is 46.4 Å². The van der Waals surface area contributed by atoms with E-state index >= 15 is 0 Å². The van der Waals surface area contributed by atoms with Crippen molar-refractivity contribution in [3.63, 3.8) is 0 Å². The molecule has 0 amide bonds. The Morgan fingerprint density at radius 2 is 1.38 bits per heavy atom. The molecule has 0 spiro atoms. The molecule has 0 fully saturated rings. The number of hydrogen-bond acceptors (Lipinski definition) is 2. The fraction of sp³-hybridized carbons (Fsp3) is 0.214. The molecule has 3 heterocycles.